The van der Waals surface area contributed by atoms with Gasteiger partial charge < -0.3 is 4.52 Å². The Kier molecular flexibility index (Phi) is 3.79. The number of rotatable bonds is 3. The molecule has 110 valence electrons. The molecular formula is C13H9F3N2O3. The zero-order valence-corrected chi connectivity index (χ0v) is 10.7. The minimum atomic E-state index is -4.40. The Morgan fingerprint density at radius 1 is 1.24 bits per heavy atom. The Balaban J connectivity index is 2.24. The standard InChI is InChI=1S/C13H9F3N2O3/c1-8-12(18(19)20)11(21-17-8)7-4-9-2-5-10(6-3-9)13(14,15)16/h2-7H,1H3/b7-4+. The van der Waals surface area contributed by atoms with Crippen LogP contribution in [0.5, 0.6) is 0 Å². The molecule has 0 atom stereocenters. The summed E-state index contributed by atoms with van der Waals surface area (Å²) in [6, 6.07) is 4.38. The van der Waals surface area contributed by atoms with Crippen molar-refractivity contribution in [1.82, 2.24) is 5.16 Å². The van der Waals surface area contributed by atoms with Crippen molar-refractivity contribution in [1.29, 1.82) is 0 Å². The summed E-state index contributed by atoms with van der Waals surface area (Å²) < 4.78 is 42.0. The first-order valence-corrected chi connectivity index (χ1v) is 5.75. The van der Waals surface area contributed by atoms with E-state index in [4.69, 9.17) is 4.52 Å². The van der Waals surface area contributed by atoms with Crippen molar-refractivity contribution in [3.63, 3.8) is 0 Å². The Hall–Kier alpha value is -2.64. The molecule has 2 rings (SSSR count). The smallest absolute Gasteiger partial charge is 0.349 e. The molecule has 0 spiro atoms. The fraction of sp³-hybridized carbons (Fsp3) is 0.154. The van der Waals surface area contributed by atoms with E-state index in [1.54, 1.807) is 0 Å². The van der Waals surface area contributed by atoms with E-state index in [9.17, 15) is 23.3 Å². The lowest BCUT2D eigenvalue weighted by atomic mass is 10.1. The van der Waals surface area contributed by atoms with Gasteiger partial charge in [-0.1, -0.05) is 23.4 Å². The third kappa shape index (κ3) is 3.28. The molecule has 1 aromatic carbocycles. The quantitative estimate of drug-likeness (QED) is 0.632. The number of benzene rings is 1. The second kappa shape index (κ2) is 5.39. The van der Waals surface area contributed by atoms with Crippen LogP contribution in [0.1, 0.15) is 22.6 Å². The van der Waals surface area contributed by atoms with Gasteiger partial charge in [-0.3, -0.25) is 10.1 Å². The lowest BCUT2D eigenvalue weighted by Gasteiger charge is -2.05. The first-order chi connectivity index (χ1) is 9.79. The van der Waals surface area contributed by atoms with Crippen LogP contribution in [-0.2, 0) is 6.18 Å². The molecule has 0 aliphatic rings. The van der Waals surface area contributed by atoms with Gasteiger partial charge in [0.15, 0.2) is 5.69 Å². The predicted molar refractivity (Wildman–Crippen MR) is 68.3 cm³/mol. The number of hydrogen-bond donors (Lipinski definition) is 0. The molecule has 1 heterocycles. The number of alkyl halides is 3. The van der Waals surface area contributed by atoms with Crippen LogP contribution in [0.2, 0.25) is 0 Å². The molecular weight excluding hydrogens is 289 g/mol. The van der Waals surface area contributed by atoms with Crippen molar-refractivity contribution in [3.05, 3.63) is 57.0 Å². The molecule has 21 heavy (non-hydrogen) atoms. The molecule has 0 aliphatic carbocycles. The highest BCUT2D eigenvalue weighted by atomic mass is 19.4. The molecule has 5 nitrogen and oxygen atoms in total. The third-order valence-electron chi connectivity index (χ3n) is 2.70. The van der Waals surface area contributed by atoms with E-state index in [1.165, 1.54) is 31.2 Å². The van der Waals surface area contributed by atoms with Crippen molar-refractivity contribution in [2.45, 2.75) is 13.1 Å². The molecule has 0 bridgehead atoms. The summed E-state index contributed by atoms with van der Waals surface area (Å²) in [6.07, 6.45) is -1.70. The average molecular weight is 298 g/mol. The largest absolute Gasteiger partial charge is 0.416 e. The van der Waals surface area contributed by atoms with E-state index < -0.39 is 16.7 Å². The lowest BCUT2D eigenvalue weighted by molar-refractivity contribution is -0.386. The summed E-state index contributed by atoms with van der Waals surface area (Å²) >= 11 is 0. The van der Waals surface area contributed by atoms with Gasteiger partial charge in [-0.05, 0) is 30.7 Å². The van der Waals surface area contributed by atoms with Crippen molar-refractivity contribution < 1.29 is 22.6 Å². The summed E-state index contributed by atoms with van der Waals surface area (Å²) in [5.41, 5.74) is -0.447. The number of nitrogens with zero attached hydrogens (tertiary/aromatic N) is 2. The van der Waals surface area contributed by atoms with Gasteiger partial charge in [-0.15, -0.1) is 0 Å². The Morgan fingerprint density at radius 3 is 2.38 bits per heavy atom. The topological polar surface area (TPSA) is 69.2 Å². The Labute approximate surface area is 116 Å². The molecule has 0 fully saturated rings. The van der Waals surface area contributed by atoms with Gasteiger partial charge in [0, 0.05) is 0 Å². The highest BCUT2D eigenvalue weighted by molar-refractivity contribution is 5.71. The van der Waals surface area contributed by atoms with Crippen LogP contribution in [0.25, 0.3) is 12.2 Å². The Morgan fingerprint density at radius 2 is 1.86 bits per heavy atom. The van der Waals surface area contributed by atoms with E-state index in [-0.39, 0.29) is 17.1 Å². The first kappa shape index (κ1) is 14.8. The van der Waals surface area contributed by atoms with E-state index in [2.05, 4.69) is 5.16 Å². The normalized spacial score (nSPS) is 12.0. The fourth-order valence-corrected chi connectivity index (χ4v) is 1.67. The van der Waals surface area contributed by atoms with Gasteiger partial charge >= 0.3 is 11.9 Å². The number of aryl methyl sites for hydroxylation is 1. The molecule has 0 amide bonds. The van der Waals surface area contributed by atoms with Crippen LogP contribution >= 0.6 is 0 Å². The van der Waals surface area contributed by atoms with Gasteiger partial charge in [0.25, 0.3) is 0 Å². The van der Waals surface area contributed by atoms with Gasteiger partial charge in [-0.25, -0.2) is 0 Å². The average Bonchev–Trinajstić information content (AvgIpc) is 2.77. The summed E-state index contributed by atoms with van der Waals surface area (Å²) in [6.45, 7) is 1.43. The van der Waals surface area contributed by atoms with E-state index in [0.717, 1.165) is 12.1 Å². The number of halogens is 3. The maximum absolute atomic E-state index is 12.4. The highest BCUT2D eigenvalue weighted by Gasteiger charge is 2.29. The van der Waals surface area contributed by atoms with Crippen molar-refractivity contribution in [2.24, 2.45) is 0 Å². The molecule has 0 aliphatic heterocycles. The van der Waals surface area contributed by atoms with Gasteiger partial charge in [-0.2, -0.15) is 13.2 Å². The van der Waals surface area contributed by atoms with E-state index in [0.29, 0.717) is 5.56 Å². The van der Waals surface area contributed by atoms with Crippen molar-refractivity contribution in [2.75, 3.05) is 0 Å². The molecule has 0 unspecified atom stereocenters. The second-order valence-corrected chi connectivity index (χ2v) is 4.19. The molecule has 0 N–H and O–H groups in total. The van der Waals surface area contributed by atoms with Crippen molar-refractivity contribution in [3.8, 4) is 0 Å². The van der Waals surface area contributed by atoms with E-state index >= 15 is 0 Å². The summed E-state index contributed by atoms with van der Waals surface area (Å²) in [5, 5.41) is 14.3. The lowest BCUT2D eigenvalue weighted by Crippen LogP contribution is -2.03. The van der Waals surface area contributed by atoms with Crippen LogP contribution in [0.15, 0.2) is 28.8 Å². The molecule has 0 radical (unpaired) electrons. The summed E-state index contributed by atoms with van der Waals surface area (Å²) in [7, 11) is 0. The summed E-state index contributed by atoms with van der Waals surface area (Å²) in [5.74, 6) is -0.0580. The zero-order valence-electron chi connectivity index (χ0n) is 10.7. The number of nitro groups is 1. The second-order valence-electron chi connectivity index (χ2n) is 4.19. The molecule has 8 heteroatoms. The number of hydrogen-bond acceptors (Lipinski definition) is 4. The minimum Gasteiger partial charge on any atom is -0.349 e. The minimum absolute atomic E-state index is 0.0580. The van der Waals surface area contributed by atoms with Gasteiger partial charge in [0.1, 0.15) is 0 Å². The monoisotopic (exact) mass is 298 g/mol. The molecule has 0 saturated heterocycles. The van der Waals surface area contributed by atoms with Crippen molar-refractivity contribution >= 4 is 17.8 Å². The SMILES string of the molecule is Cc1noc(/C=C/c2ccc(C(F)(F)F)cc2)c1[N+](=O)[O-]. The van der Waals surface area contributed by atoms with Gasteiger partial charge in [0.2, 0.25) is 5.76 Å². The molecule has 2 aromatic rings. The highest BCUT2D eigenvalue weighted by Crippen LogP contribution is 2.29. The number of aromatic nitrogens is 1. The van der Waals surface area contributed by atoms with Crippen LogP contribution in [0, 0.1) is 17.0 Å². The van der Waals surface area contributed by atoms with Crippen LogP contribution < -0.4 is 0 Å². The summed E-state index contributed by atoms with van der Waals surface area (Å²) in [4.78, 5) is 10.2. The van der Waals surface area contributed by atoms with Crippen LogP contribution in [0.3, 0.4) is 0 Å². The zero-order chi connectivity index (χ0) is 15.6. The van der Waals surface area contributed by atoms with Crippen LogP contribution in [0.4, 0.5) is 18.9 Å². The third-order valence-corrected chi connectivity index (χ3v) is 2.70. The van der Waals surface area contributed by atoms with Gasteiger partial charge in [0.05, 0.1) is 10.5 Å². The first-order valence-electron chi connectivity index (χ1n) is 5.75. The predicted octanol–water partition coefficient (Wildman–Crippen LogP) is 4.08. The van der Waals surface area contributed by atoms with Crippen LogP contribution in [-0.4, -0.2) is 10.1 Å². The maximum Gasteiger partial charge on any atom is 0.416 e. The molecule has 1 aromatic heterocycles. The maximum atomic E-state index is 12.4. The fourth-order valence-electron chi connectivity index (χ4n) is 1.67. The molecule has 0 saturated carbocycles. The Bertz CT molecular complexity index is 688. The van der Waals surface area contributed by atoms with E-state index in [1.807, 2.05) is 0 Å².